The molecule has 0 bridgehead atoms. The first-order valence-corrected chi connectivity index (χ1v) is 10.9. The summed E-state index contributed by atoms with van der Waals surface area (Å²) in [5.74, 6) is -0.678. The van der Waals surface area contributed by atoms with Gasteiger partial charge in [0.2, 0.25) is 0 Å². The molecule has 1 aromatic heterocycles. The fraction of sp³-hybridized carbons (Fsp3) is 0.231. The maximum absolute atomic E-state index is 12.5. The fourth-order valence-electron chi connectivity index (χ4n) is 3.02. The Balaban J connectivity index is 1.75. The second kappa shape index (κ2) is 12.2. The van der Waals surface area contributed by atoms with E-state index in [9.17, 15) is 19.6 Å². The third kappa shape index (κ3) is 6.79. The van der Waals surface area contributed by atoms with Gasteiger partial charge in [0.15, 0.2) is 0 Å². The van der Waals surface area contributed by atoms with Gasteiger partial charge >= 0.3 is 11.6 Å². The molecule has 1 amide bonds. The van der Waals surface area contributed by atoms with Crippen molar-refractivity contribution >= 4 is 28.9 Å². The van der Waals surface area contributed by atoms with Crippen molar-refractivity contribution in [1.29, 1.82) is 5.26 Å². The smallest absolute Gasteiger partial charge is 0.354 e. The number of nitrogens with one attached hydrogen (secondary N) is 1. The van der Waals surface area contributed by atoms with Crippen LogP contribution in [0, 0.1) is 11.3 Å². The van der Waals surface area contributed by atoms with Gasteiger partial charge in [0.1, 0.15) is 34.3 Å². The molecule has 0 aliphatic heterocycles. The van der Waals surface area contributed by atoms with Gasteiger partial charge < -0.3 is 23.9 Å². The van der Waals surface area contributed by atoms with E-state index in [4.69, 9.17) is 18.6 Å². The van der Waals surface area contributed by atoms with Gasteiger partial charge in [-0.3, -0.25) is 4.79 Å². The Morgan fingerprint density at radius 3 is 2.51 bits per heavy atom. The minimum atomic E-state index is -0.866. The molecule has 0 aliphatic carbocycles. The van der Waals surface area contributed by atoms with Gasteiger partial charge in [-0.1, -0.05) is 19.1 Å². The molecule has 0 saturated heterocycles. The van der Waals surface area contributed by atoms with E-state index in [2.05, 4.69) is 5.32 Å². The molecule has 1 heterocycles. The lowest BCUT2D eigenvalue weighted by atomic mass is 10.1. The minimum Gasteiger partial charge on any atom is -0.494 e. The van der Waals surface area contributed by atoms with E-state index >= 15 is 0 Å². The molecule has 0 atom stereocenters. The Kier molecular flexibility index (Phi) is 8.76. The van der Waals surface area contributed by atoms with E-state index in [1.54, 1.807) is 24.3 Å². The van der Waals surface area contributed by atoms with E-state index in [1.165, 1.54) is 37.5 Å². The highest BCUT2D eigenvalue weighted by Crippen LogP contribution is 2.22. The average Bonchev–Trinajstić information content (AvgIpc) is 2.86. The van der Waals surface area contributed by atoms with Crippen LogP contribution in [-0.4, -0.2) is 38.7 Å². The lowest BCUT2D eigenvalue weighted by Crippen LogP contribution is -2.30. The van der Waals surface area contributed by atoms with Crippen LogP contribution in [0.3, 0.4) is 0 Å². The van der Waals surface area contributed by atoms with Gasteiger partial charge in [-0.2, -0.15) is 5.26 Å². The van der Waals surface area contributed by atoms with Crippen molar-refractivity contribution in [3.63, 3.8) is 0 Å². The number of hydrogen-bond acceptors (Lipinski definition) is 8. The maximum Gasteiger partial charge on any atom is 0.354 e. The van der Waals surface area contributed by atoms with E-state index in [0.717, 1.165) is 6.42 Å². The Labute approximate surface area is 201 Å². The lowest BCUT2D eigenvalue weighted by Gasteiger charge is -2.07. The number of hydrogen-bond donors (Lipinski definition) is 1. The van der Waals surface area contributed by atoms with Gasteiger partial charge in [-0.25, -0.2) is 9.59 Å². The highest BCUT2D eigenvalue weighted by atomic mass is 16.5. The zero-order chi connectivity index (χ0) is 25.2. The van der Waals surface area contributed by atoms with E-state index < -0.39 is 17.5 Å². The zero-order valence-corrected chi connectivity index (χ0v) is 19.3. The summed E-state index contributed by atoms with van der Waals surface area (Å²) in [7, 11) is 1.50. The van der Waals surface area contributed by atoms with Crippen LogP contribution >= 0.6 is 0 Å². The van der Waals surface area contributed by atoms with Crippen molar-refractivity contribution in [2.75, 3.05) is 26.9 Å². The Hall–Kier alpha value is -4.42. The number of esters is 1. The van der Waals surface area contributed by atoms with Crippen LogP contribution in [0.5, 0.6) is 11.5 Å². The van der Waals surface area contributed by atoms with Crippen LogP contribution < -0.4 is 20.4 Å². The highest BCUT2D eigenvalue weighted by molar-refractivity contribution is 5.99. The summed E-state index contributed by atoms with van der Waals surface area (Å²) < 4.78 is 20.9. The molecule has 0 fully saturated rings. The van der Waals surface area contributed by atoms with Crippen molar-refractivity contribution in [3.05, 3.63) is 75.7 Å². The maximum atomic E-state index is 12.5. The van der Waals surface area contributed by atoms with Crippen molar-refractivity contribution in [2.45, 2.75) is 13.3 Å². The number of carbonyl (C=O) groups excluding carboxylic acids is 2. The van der Waals surface area contributed by atoms with Gasteiger partial charge in [0.25, 0.3) is 5.91 Å². The molecular formula is C26H24N2O7. The predicted octanol–water partition coefficient (Wildman–Crippen LogP) is 3.47. The summed E-state index contributed by atoms with van der Waals surface area (Å²) >= 11 is 0. The number of nitrogens with zero attached hydrogens (tertiary/aromatic N) is 1. The molecule has 0 aliphatic rings. The summed E-state index contributed by atoms with van der Waals surface area (Å²) in [6.45, 7) is 3.15. The van der Waals surface area contributed by atoms with Crippen LogP contribution in [-0.2, 0) is 9.53 Å². The fourth-order valence-corrected chi connectivity index (χ4v) is 3.02. The number of rotatable bonds is 10. The minimum absolute atomic E-state index is 0.0763. The first kappa shape index (κ1) is 25.2. The zero-order valence-electron chi connectivity index (χ0n) is 19.3. The predicted molar refractivity (Wildman–Crippen MR) is 128 cm³/mol. The van der Waals surface area contributed by atoms with E-state index in [1.807, 2.05) is 13.0 Å². The molecule has 3 rings (SSSR count). The van der Waals surface area contributed by atoms with Crippen molar-refractivity contribution in [2.24, 2.45) is 0 Å². The first-order chi connectivity index (χ1) is 16.9. The van der Waals surface area contributed by atoms with Crippen LogP contribution in [0.15, 0.2) is 63.3 Å². The van der Waals surface area contributed by atoms with E-state index in [-0.39, 0.29) is 29.0 Å². The Morgan fingerprint density at radius 2 is 1.83 bits per heavy atom. The molecule has 0 saturated carbocycles. The van der Waals surface area contributed by atoms with Crippen LogP contribution in [0.2, 0.25) is 0 Å². The molecule has 2 aromatic carbocycles. The monoisotopic (exact) mass is 476 g/mol. The van der Waals surface area contributed by atoms with Gasteiger partial charge in [-0.05, 0) is 48.4 Å². The SMILES string of the molecule is CCCOc1ccc(/C=C(\C#N)C(=O)Oc2ccc3cc(C(=O)NCCOC)c(=O)oc3c2)cc1. The molecule has 0 spiro atoms. The number of benzene rings is 2. The van der Waals surface area contributed by atoms with Gasteiger partial charge in [0.05, 0.1) is 13.2 Å². The van der Waals surface area contributed by atoms with Crippen molar-refractivity contribution < 1.29 is 28.2 Å². The second-order valence-corrected chi connectivity index (χ2v) is 7.37. The number of methoxy groups -OCH3 is 1. The van der Waals surface area contributed by atoms with Gasteiger partial charge in [-0.15, -0.1) is 0 Å². The topological polar surface area (TPSA) is 128 Å². The molecule has 1 N–H and O–H groups in total. The third-order valence-electron chi connectivity index (χ3n) is 4.76. The first-order valence-electron chi connectivity index (χ1n) is 10.9. The van der Waals surface area contributed by atoms with Gasteiger partial charge in [0, 0.05) is 25.1 Å². The van der Waals surface area contributed by atoms with Crippen molar-refractivity contribution in [3.8, 4) is 17.6 Å². The summed E-state index contributed by atoms with van der Waals surface area (Å²) in [5.41, 5.74) is -0.446. The summed E-state index contributed by atoms with van der Waals surface area (Å²) in [5, 5.41) is 12.4. The molecular weight excluding hydrogens is 452 g/mol. The lowest BCUT2D eigenvalue weighted by molar-refractivity contribution is -0.129. The third-order valence-corrected chi connectivity index (χ3v) is 4.76. The summed E-state index contributed by atoms with van der Waals surface area (Å²) in [6.07, 6.45) is 2.29. The second-order valence-electron chi connectivity index (χ2n) is 7.37. The highest BCUT2D eigenvalue weighted by Gasteiger charge is 2.16. The quantitative estimate of drug-likeness (QED) is 0.118. The van der Waals surface area contributed by atoms with Crippen LogP contribution in [0.4, 0.5) is 0 Å². The molecule has 9 heteroatoms. The summed E-state index contributed by atoms with van der Waals surface area (Å²) in [4.78, 5) is 37.0. The average molecular weight is 476 g/mol. The molecule has 0 radical (unpaired) electrons. The molecule has 0 unspecified atom stereocenters. The number of amides is 1. The Bertz CT molecular complexity index is 1330. The van der Waals surface area contributed by atoms with Crippen LogP contribution in [0.25, 0.3) is 17.0 Å². The Morgan fingerprint density at radius 1 is 1.09 bits per heavy atom. The standard InChI is InChI=1S/C26H24N2O7/c1-3-11-33-20-7-4-17(5-8-20)13-19(16-27)25(30)34-21-9-6-18-14-22(24(29)28-10-12-32-2)26(31)35-23(18)15-21/h4-9,13-15H,3,10-12H2,1-2H3,(H,28,29)/b19-13+. The number of ether oxygens (including phenoxy) is 3. The van der Waals surface area contributed by atoms with E-state index in [0.29, 0.717) is 29.9 Å². The summed E-state index contributed by atoms with van der Waals surface area (Å²) in [6, 6.07) is 14.5. The number of fused-ring (bicyclic) bond motifs is 1. The van der Waals surface area contributed by atoms with Crippen LogP contribution in [0.1, 0.15) is 29.3 Å². The number of carbonyl (C=O) groups is 2. The molecule has 180 valence electrons. The normalized spacial score (nSPS) is 11.1. The largest absolute Gasteiger partial charge is 0.494 e. The molecule has 35 heavy (non-hydrogen) atoms. The molecule has 9 nitrogen and oxygen atoms in total. The molecule has 3 aromatic rings. The van der Waals surface area contributed by atoms with Crippen molar-refractivity contribution in [1.82, 2.24) is 5.32 Å². The number of nitriles is 1.